The minimum atomic E-state index is -1.04. The van der Waals surface area contributed by atoms with Gasteiger partial charge >= 0.3 is 11.9 Å². The van der Waals surface area contributed by atoms with Crippen molar-refractivity contribution in [3.8, 4) is 0 Å². The Hall–Kier alpha value is -1.76. The van der Waals surface area contributed by atoms with Gasteiger partial charge in [-0.3, -0.25) is 4.79 Å². The van der Waals surface area contributed by atoms with Gasteiger partial charge in [0.05, 0.1) is 54.4 Å². The van der Waals surface area contributed by atoms with Gasteiger partial charge in [0, 0.05) is 37.7 Å². The van der Waals surface area contributed by atoms with E-state index in [0.717, 1.165) is 44.1 Å². The smallest absolute Gasteiger partial charge is 0.331 e. The molecule has 0 radical (unpaired) electrons. The Balaban J connectivity index is 0.936. The van der Waals surface area contributed by atoms with Gasteiger partial charge in [-0.1, -0.05) is 13.8 Å². The summed E-state index contributed by atoms with van der Waals surface area (Å²) < 4.78 is 48.9. The molecular formula is C43H66O15. The molecule has 5 N–H and O–H groups in total. The first-order valence-corrected chi connectivity index (χ1v) is 21.8. The summed E-state index contributed by atoms with van der Waals surface area (Å²) in [5.41, 5.74) is -0.985. The quantitative estimate of drug-likeness (QED) is 0.176. The van der Waals surface area contributed by atoms with E-state index in [1.54, 1.807) is 19.9 Å². The molecule has 15 nitrogen and oxygen atoms in total. The van der Waals surface area contributed by atoms with Crippen LogP contribution in [0, 0.1) is 34.5 Å². The van der Waals surface area contributed by atoms with E-state index in [0.29, 0.717) is 18.8 Å². The van der Waals surface area contributed by atoms with Gasteiger partial charge in [0.1, 0.15) is 18.8 Å². The zero-order valence-electron chi connectivity index (χ0n) is 34.8. The van der Waals surface area contributed by atoms with Gasteiger partial charge in [-0.2, -0.15) is 0 Å². The van der Waals surface area contributed by atoms with Crippen LogP contribution in [0.5, 0.6) is 0 Å². The zero-order chi connectivity index (χ0) is 41.5. The van der Waals surface area contributed by atoms with E-state index in [4.69, 9.17) is 37.9 Å². The molecule has 4 saturated carbocycles. The van der Waals surface area contributed by atoms with Crippen LogP contribution in [0.4, 0.5) is 0 Å². The highest BCUT2D eigenvalue weighted by atomic mass is 16.7. The highest BCUT2D eigenvalue weighted by Gasteiger charge is 2.71. The first-order chi connectivity index (χ1) is 27.4. The molecule has 21 atom stereocenters. The lowest BCUT2D eigenvalue weighted by Gasteiger charge is -2.65. The van der Waals surface area contributed by atoms with Crippen LogP contribution in [0.2, 0.25) is 0 Å². The van der Waals surface area contributed by atoms with E-state index in [9.17, 15) is 35.1 Å². The van der Waals surface area contributed by atoms with Gasteiger partial charge in [0.2, 0.25) is 0 Å². The Morgan fingerprint density at radius 3 is 2.10 bits per heavy atom. The molecule has 8 rings (SSSR count). The van der Waals surface area contributed by atoms with Gasteiger partial charge in [-0.05, 0) is 107 Å². The molecule has 328 valence electrons. The van der Waals surface area contributed by atoms with Gasteiger partial charge < -0.3 is 63.4 Å². The van der Waals surface area contributed by atoms with E-state index in [1.165, 1.54) is 6.92 Å². The van der Waals surface area contributed by atoms with Crippen LogP contribution in [0.3, 0.4) is 0 Å². The third-order valence-electron chi connectivity index (χ3n) is 16.2. The highest BCUT2D eigenvalue weighted by molar-refractivity contribution is 5.85. The fraction of sp³-hybridized carbons (Fsp3) is 0.907. The summed E-state index contributed by atoms with van der Waals surface area (Å²) in [6, 6.07) is 0. The van der Waals surface area contributed by atoms with Gasteiger partial charge in [-0.15, -0.1) is 0 Å². The van der Waals surface area contributed by atoms with Crippen LogP contribution >= 0.6 is 0 Å². The van der Waals surface area contributed by atoms with Crippen molar-refractivity contribution in [3.05, 3.63) is 11.6 Å². The Morgan fingerprint density at radius 1 is 0.759 bits per heavy atom. The van der Waals surface area contributed by atoms with Crippen molar-refractivity contribution < 1.29 is 73.0 Å². The van der Waals surface area contributed by atoms with Crippen LogP contribution < -0.4 is 0 Å². The first kappa shape index (κ1) is 42.9. The number of hydrogen-bond donors (Lipinski definition) is 5. The Bertz CT molecular complexity index is 1530. The minimum absolute atomic E-state index is 0.0507. The highest BCUT2D eigenvalue weighted by Crippen LogP contribution is 2.70. The van der Waals surface area contributed by atoms with Crippen LogP contribution in [0.1, 0.15) is 112 Å². The predicted molar refractivity (Wildman–Crippen MR) is 202 cm³/mol. The number of hydrogen-bond acceptors (Lipinski definition) is 15. The summed E-state index contributed by atoms with van der Waals surface area (Å²) in [5.74, 6) is -0.425. The van der Waals surface area contributed by atoms with Crippen molar-refractivity contribution >= 4 is 11.9 Å². The Kier molecular flexibility index (Phi) is 12.0. The molecule has 0 aromatic heterocycles. The lowest BCUT2D eigenvalue weighted by atomic mass is 9.42. The summed E-state index contributed by atoms with van der Waals surface area (Å²) in [6.45, 7) is 11.2. The largest absolute Gasteiger partial charge is 0.458 e. The van der Waals surface area contributed by atoms with E-state index in [2.05, 4.69) is 6.92 Å². The molecule has 15 heteroatoms. The molecule has 0 bridgehead atoms. The molecule has 8 aliphatic rings. The zero-order valence-corrected chi connectivity index (χ0v) is 34.8. The number of esters is 2. The third kappa shape index (κ3) is 7.49. The number of aliphatic hydroxyl groups is 5. The molecule has 0 aromatic rings. The maximum Gasteiger partial charge on any atom is 0.331 e. The standard InChI is InChI=1S/C43H66O15/c1-20-38(49)30(45)16-35(52-20)57-32-18-37(54-22(3)40(32)58-36-17-31(46)39(21(2)53-36)55-23(4)44)56-26-9-11-41(5)25(14-26)7-8-28-29(41)15-33(47)42(6)27(10-12-43(28,42)50)24-13-34(48)51-19-24/h13,20-22,25-33,35-40,45-47,49-50H,7-12,14-19H2,1-6H3/t20-,21-,22-,25-,26+,27-,28-,29+,30+,31+,32+,33-,35-,36-,37-,38-,39-,40-,41+,42+,43?/m1/s1. The number of rotatable bonds is 8. The second-order valence-electron chi connectivity index (χ2n) is 19.4. The number of carbonyl (C=O) groups excluding carboxylic acids is 2. The molecule has 1 unspecified atom stereocenters. The molecule has 58 heavy (non-hydrogen) atoms. The second kappa shape index (κ2) is 16.2. The van der Waals surface area contributed by atoms with Gasteiger partial charge in [0.25, 0.3) is 0 Å². The lowest BCUT2D eigenvalue weighted by Crippen LogP contribution is -2.67. The topological polar surface area (TPSA) is 209 Å². The average molecular weight is 823 g/mol. The van der Waals surface area contributed by atoms with Crippen molar-refractivity contribution in [1.82, 2.24) is 0 Å². The van der Waals surface area contributed by atoms with E-state index in [1.807, 2.05) is 13.8 Å². The molecule has 4 aliphatic carbocycles. The monoisotopic (exact) mass is 822 g/mol. The van der Waals surface area contributed by atoms with Crippen molar-refractivity contribution in [2.45, 2.75) is 204 Å². The number of aliphatic hydroxyl groups excluding tert-OH is 4. The van der Waals surface area contributed by atoms with Crippen LogP contribution in [-0.2, 0) is 47.5 Å². The molecule has 3 saturated heterocycles. The van der Waals surface area contributed by atoms with E-state index < -0.39 is 96.9 Å². The minimum Gasteiger partial charge on any atom is -0.458 e. The number of fused-ring (bicyclic) bond motifs is 5. The normalized spacial score (nSPS) is 53.2. The molecular weight excluding hydrogens is 756 g/mol. The summed E-state index contributed by atoms with van der Waals surface area (Å²) >= 11 is 0. The van der Waals surface area contributed by atoms with E-state index >= 15 is 0 Å². The SMILES string of the molecule is CC(=O)O[C@H]1[C@@H](O)C[C@@H](O[C@H]2[C@@H](O[C@@H]3C[C@H](O)[C@H](O)[C@@H](C)O3)C[C@@H](O[C@H]3CC[C@@]4(C)[C@H](CC[C@@H]5[C@@H]4C[C@@H](O)[C@]4(C)[C@@H](C6=CC(=O)OC6)CCC54O)C3)O[C@@H]2C)O[C@@H]1C. The Morgan fingerprint density at radius 2 is 1.43 bits per heavy atom. The summed E-state index contributed by atoms with van der Waals surface area (Å²) in [7, 11) is 0. The number of carbonyl (C=O) groups is 2. The van der Waals surface area contributed by atoms with Crippen molar-refractivity contribution in [2.75, 3.05) is 6.61 Å². The number of ether oxygens (including phenoxy) is 8. The summed E-state index contributed by atoms with van der Waals surface area (Å²) in [5, 5.41) is 56.4. The molecule has 4 aliphatic heterocycles. The summed E-state index contributed by atoms with van der Waals surface area (Å²) in [6.07, 6.45) is -1.90. The maximum absolute atomic E-state index is 12.7. The Labute approximate surface area is 341 Å². The fourth-order valence-electron chi connectivity index (χ4n) is 13.1. The fourth-order valence-corrected chi connectivity index (χ4v) is 13.1. The summed E-state index contributed by atoms with van der Waals surface area (Å²) in [4.78, 5) is 23.6. The molecule has 0 amide bonds. The van der Waals surface area contributed by atoms with Gasteiger partial charge in [0.15, 0.2) is 25.0 Å². The van der Waals surface area contributed by atoms with Crippen LogP contribution in [0.15, 0.2) is 11.6 Å². The van der Waals surface area contributed by atoms with Crippen molar-refractivity contribution in [3.63, 3.8) is 0 Å². The van der Waals surface area contributed by atoms with Crippen molar-refractivity contribution in [1.29, 1.82) is 0 Å². The molecule has 0 aromatic carbocycles. The van der Waals surface area contributed by atoms with Crippen molar-refractivity contribution in [2.24, 2.45) is 34.5 Å². The number of cyclic esters (lactones) is 1. The maximum atomic E-state index is 12.7. The van der Waals surface area contributed by atoms with Crippen LogP contribution in [0.25, 0.3) is 0 Å². The van der Waals surface area contributed by atoms with Crippen LogP contribution in [-0.4, -0.2) is 136 Å². The second-order valence-corrected chi connectivity index (χ2v) is 19.4. The molecule has 0 spiro atoms. The van der Waals surface area contributed by atoms with E-state index in [-0.39, 0.29) is 61.1 Å². The van der Waals surface area contributed by atoms with Gasteiger partial charge in [-0.25, -0.2) is 4.79 Å². The molecule has 4 heterocycles. The third-order valence-corrected chi connectivity index (χ3v) is 16.2. The lowest BCUT2D eigenvalue weighted by molar-refractivity contribution is -0.344. The first-order valence-electron chi connectivity index (χ1n) is 21.8. The average Bonchev–Trinajstić information content (AvgIpc) is 3.71. The molecule has 7 fully saturated rings. The predicted octanol–water partition coefficient (Wildman–Crippen LogP) is 2.79.